The summed E-state index contributed by atoms with van der Waals surface area (Å²) in [6.45, 7) is 0.738. The second-order valence-corrected chi connectivity index (χ2v) is 8.00. The molecule has 0 unspecified atom stereocenters. The summed E-state index contributed by atoms with van der Waals surface area (Å²) in [6, 6.07) is 7.26. The molecule has 0 saturated carbocycles. The number of imidazole rings is 1. The molecule has 0 atom stereocenters. The second kappa shape index (κ2) is 9.61. The first-order valence-electron chi connectivity index (χ1n) is 10.4. The molecule has 2 amide bonds. The van der Waals surface area contributed by atoms with Gasteiger partial charge < -0.3 is 24.3 Å². The van der Waals surface area contributed by atoms with Crippen LogP contribution in [0.2, 0.25) is 5.02 Å². The van der Waals surface area contributed by atoms with E-state index < -0.39 is 17.6 Å². The number of carbonyl (C=O) groups is 2. The molecule has 1 saturated heterocycles. The van der Waals surface area contributed by atoms with Gasteiger partial charge in [0.05, 0.1) is 33.9 Å². The molecule has 0 spiro atoms. The van der Waals surface area contributed by atoms with Gasteiger partial charge in [0.25, 0.3) is 11.8 Å². The first kappa shape index (κ1) is 24.0. The van der Waals surface area contributed by atoms with Crippen LogP contribution in [0.25, 0.3) is 11.0 Å². The summed E-state index contributed by atoms with van der Waals surface area (Å²) in [5, 5.41) is 9.57. The van der Waals surface area contributed by atoms with E-state index >= 15 is 0 Å². The van der Waals surface area contributed by atoms with Crippen molar-refractivity contribution in [1.82, 2.24) is 9.55 Å². The van der Waals surface area contributed by atoms with Crippen LogP contribution in [0.1, 0.15) is 22.3 Å². The highest BCUT2D eigenvalue weighted by Crippen LogP contribution is 2.31. The lowest BCUT2D eigenvalue weighted by molar-refractivity contribution is -0.137. The lowest BCUT2D eigenvalue weighted by atomic mass is 10.1. The van der Waals surface area contributed by atoms with Crippen LogP contribution in [0.3, 0.4) is 0 Å². The number of aliphatic hydroxyl groups excluding tert-OH is 1. The molecule has 0 bridgehead atoms. The topological polar surface area (TPSA) is 99.9 Å². The Morgan fingerprint density at radius 3 is 2.76 bits per heavy atom. The van der Waals surface area contributed by atoms with E-state index in [2.05, 4.69) is 9.98 Å². The zero-order chi connectivity index (χ0) is 24.5. The van der Waals surface area contributed by atoms with E-state index in [1.165, 1.54) is 11.0 Å². The van der Waals surface area contributed by atoms with Gasteiger partial charge in [-0.2, -0.15) is 18.2 Å². The molecule has 8 nitrogen and oxygen atoms in total. The van der Waals surface area contributed by atoms with Crippen molar-refractivity contribution in [3.63, 3.8) is 0 Å². The van der Waals surface area contributed by atoms with Crippen LogP contribution in [-0.2, 0) is 22.3 Å². The number of morpholine rings is 1. The van der Waals surface area contributed by atoms with E-state index in [4.69, 9.17) is 16.3 Å². The average Bonchev–Trinajstić information content (AvgIpc) is 3.12. The number of halogens is 4. The van der Waals surface area contributed by atoms with E-state index in [1.54, 1.807) is 16.7 Å². The zero-order valence-electron chi connectivity index (χ0n) is 17.7. The maximum Gasteiger partial charge on any atom is 0.416 e. The Morgan fingerprint density at radius 1 is 1.26 bits per heavy atom. The molecule has 1 aromatic heterocycles. The number of aliphatic hydroxyl groups is 1. The minimum absolute atomic E-state index is 0.0678. The maximum atomic E-state index is 13.0. The van der Waals surface area contributed by atoms with Crippen LogP contribution in [0, 0.1) is 0 Å². The van der Waals surface area contributed by atoms with Crippen molar-refractivity contribution in [1.29, 1.82) is 0 Å². The molecule has 2 aromatic carbocycles. The number of amides is 2. The van der Waals surface area contributed by atoms with Gasteiger partial charge in [-0.15, -0.1) is 0 Å². The fourth-order valence-electron chi connectivity index (χ4n) is 3.69. The Bertz CT molecular complexity index is 1320. The first-order valence-corrected chi connectivity index (χ1v) is 10.7. The number of rotatable bonds is 5. The van der Waals surface area contributed by atoms with E-state index in [-0.39, 0.29) is 41.9 Å². The zero-order valence-corrected chi connectivity index (χ0v) is 18.5. The standard InChI is InChI=1S/C22H20ClF3N4O4/c23-15-10-18-16(11-17(15)29-6-8-34-12-19(29)32)27-21(30(18)5-2-7-31)28-20(33)13-3-1-4-14(9-13)22(24,25)26/h1,3-4,9-11,31H,2,5-8,12H2,(H,27,28,33). The molecular formula is C22H20ClF3N4O4. The molecule has 180 valence electrons. The second-order valence-electron chi connectivity index (χ2n) is 7.59. The lowest BCUT2D eigenvalue weighted by Crippen LogP contribution is -2.41. The van der Waals surface area contributed by atoms with Crippen LogP contribution < -0.4 is 10.5 Å². The lowest BCUT2D eigenvalue weighted by Gasteiger charge is -2.27. The van der Waals surface area contributed by atoms with Crippen LogP contribution >= 0.6 is 11.6 Å². The molecule has 34 heavy (non-hydrogen) atoms. The summed E-state index contributed by atoms with van der Waals surface area (Å²) in [4.78, 5) is 33.4. The number of hydrogen-bond donors (Lipinski definition) is 2. The van der Waals surface area contributed by atoms with Crippen molar-refractivity contribution in [2.45, 2.75) is 19.1 Å². The van der Waals surface area contributed by atoms with Crippen molar-refractivity contribution < 1.29 is 32.6 Å². The summed E-state index contributed by atoms with van der Waals surface area (Å²) in [5.41, 5.74) is 0.414. The summed E-state index contributed by atoms with van der Waals surface area (Å²) in [7, 11) is 0. The number of H-pyrrole nitrogens is 1. The molecule has 1 aliphatic rings. The molecule has 0 radical (unpaired) electrons. The van der Waals surface area contributed by atoms with Crippen molar-refractivity contribution in [2.75, 3.05) is 31.3 Å². The molecule has 2 N–H and O–H groups in total. The number of anilines is 1. The highest BCUT2D eigenvalue weighted by Gasteiger charge is 2.31. The number of benzene rings is 2. The van der Waals surface area contributed by atoms with Gasteiger partial charge >= 0.3 is 6.18 Å². The van der Waals surface area contributed by atoms with Crippen molar-refractivity contribution in [2.24, 2.45) is 4.99 Å². The van der Waals surface area contributed by atoms with Gasteiger partial charge in [-0.3, -0.25) is 9.59 Å². The first-order chi connectivity index (χ1) is 16.2. The van der Waals surface area contributed by atoms with E-state index in [9.17, 15) is 27.9 Å². The third kappa shape index (κ3) is 4.86. The number of alkyl halides is 3. The fourth-order valence-corrected chi connectivity index (χ4v) is 3.95. The third-order valence-corrected chi connectivity index (χ3v) is 5.62. The number of hydrogen-bond acceptors (Lipinski definition) is 4. The van der Waals surface area contributed by atoms with E-state index in [0.29, 0.717) is 36.3 Å². The maximum absolute atomic E-state index is 13.0. The summed E-state index contributed by atoms with van der Waals surface area (Å²) < 4.78 is 45.9. The van der Waals surface area contributed by atoms with Crippen LogP contribution in [0.4, 0.5) is 18.9 Å². The summed E-state index contributed by atoms with van der Waals surface area (Å²) >= 11 is 6.46. The van der Waals surface area contributed by atoms with Crippen LogP contribution in [-0.4, -0.2) is 52.8 Å². The Hall–Kier alpha value is -3.15. The summed E-state index contributed by atoms with van der Waals surface area (Å²) in [6.07, 6.45) is -4.26. The van der Waals surface area contributed by atoms with Gasteiger partial charge in [0.2, 0.25) is 5.62 Å². The normalized spacial score (nSPS) is 15.4. The molecule has 1 fully saturated rings. The van der Waals surface area contributed by atoms with Crippen molar-refractivity contribution in [3.8, 4) is 0 Å². The Labute approximate surface area is 196 Å². The SMILES string of the molecule is O=C(/N=c1\[nH]c2cc(N3CCOCC3=O)c(Cl)cc2n1CCCO)c1cccc(C(F)(F)F)c1. The van der Waals surface area contributed by atoms with E-state index in [0.717, 1.165) is 18.2 Å². The third-order valence-electron chi connectivity index (χ3n) is 5.32. The number of fused-ring (bicyclic) bond motifs is 1. The highest BCUT2D eigenvalue weighted by molar-refractivity contribution is 6.34. The number of aromatic amines is 1. The van der Waals surface area contributed by atoms with E-state index in [1.807, 2.05) is 0 Å². The monoisotopic (exact) mass is 496 g/mol. The summed E-state index contributed by atoms with van der Waals surface area (Å²) in [5.74, 6) is -1.12. The molecule has 12 heteroatoms. The number of aromatic nitrogens is 2. The van der Waals surface area contributed by atoms with Gasteiger partial charge in [-0.25, -0.2) is 0 Å². The average molecular weight is 497 g/mol. The van der Waals surface area contributed by atoms with Gasteiger partial charge in [0.15, 0.2) is 0 Å². The molecule has 4 rings (SSSR count). The molecule has 3 aromatic rings. The molecular weight excluding hydrogens is 477 g/mol. The van der Waals surface area contributed by atoms with Gasteiger partial charge in [-0.1, -0.05) is 17.7 Å². The predicted molar refractivity (Wildman–Crippen MR) is 118 cm³/mol. The molecule has 0 aliphatic carbocycles. The minimum atomic E-state index is -4.59. The smallest absolute Gasteiger partial charge is 0.396 e. The van der Waals surface area contributed by atoms with Gasteiger partial charge in [0.1, 0.15) is 6.61 Å². The quantitative estimate of drug-likeness (QED) is 0.567. The van der Waals surface area contributed by atoms with Crippen LogP contribution in [0.5, 0.6) is 0 Å². The number of carbonyl (C=O) groups excluding carboxylic acids is 2. The Morgan fingerprint density at radius 2 is 2.06 bits per heavy atom. The predicted octanol–water partition coefficient (Wildman–Crippen LogP) is 3.13. The molecule has 1 aliphatic heterocycles. The number of ether oxygens (including phenoxy) is 1. The Kier molecular flexibility index (Phi) is 6.78. The van der Waals surface area contributed by atoms with Crippen molar-refractivity contribution >= 4 is 40.1 Å². The fraction of sp³-hybridized carbons (Fsp3) is 0.318. The van der Waals surface area contributed by atoms with Crippen LogP contribution in [0.15, 0.2) is 41.4 Å². The number of nitrogens with one attached hydrogen (secondary N) is 1. The van der Waals surface area contributed by atoms with Gasteiger partial charge in [-0.05, 0) is 36.8 Å². The minimum Gasteiger partial charge on any atom is -0.396 e. The Balaban J connectivity index is 1.80. The molecule has 2 heterocycles. The highest BCUT2D eigenvalue weighted by atomic mass is 35.5. The van der Waals surface area contributed by atoms with Gasteiger partial charge in [0, 0.05) is 25.3 Å². The van der Waals surface area contributed by atoms with Crippen molar-refractivity contribution in [3.05, 3.63) is 58.2 Å². The largest absolute Gasteiger partial charge is 0.416 e. The number of aryl methyl sites for hydroxylation is 1. The number of nitrogens with zero attached hydrogens (tertiary/aromatic N) is 3.